The largest absolute Gasteiger partial charge is 0.347 e. The minimum atomic E-state index is 0.206. The van der Waals surface area contributed by atoms with Gasteiger partial charge in [-0.25, -0.2) is 0 Å². The molecule has 0 N–H and O–H groups in total. The van der Waals surface area contributed by atoms with Gasteiger partial charge in [0, 0.05) is 24.9 Å². The van der Waals surface area contributed by atoms with E-state index in [2.05, 4.69) is 15.0 Å². The Hall–Kier alpha value is -1.04. The average Bonchev–Trinajstić information content (AvgIpc) is 2.37. The Balaban J connectivity index is 2.08. The van der Waals surface area contributed by atoms with Crippen LogP contribution in [0.2, 0.25) is 10.3 Å². The van der Waals surface area contributed by atoms with Crippen LogP contribution >= 0.6 is 35.0 Å². The highest BCUT2D eigenvalue weighted by atomic mass is 35.5. The fraction of sp³-hybridized carbons (Fsp3) is 0.250. The van der Waals surface area contributed by atoms with E-state index in [1.165, 1.54) is 11.8 Å². The van der Waals surface area contributed by atoms with Crippen molar-refractivity contribution in [2.45, 2.75) is 10.9 Å². The van der Waals surface area contributed by atoms with Crippen LogP contribution in [0.25, 0.3) is 0 Å². The van der Waals surface area contributed by atoms with Gasteiger partial charge < -0.3 is 4.90 Å². The molecule has 19 heavy (non-hydrogen) atoms. The number of rotatable bonds is 4. The first kappa shape index (κ1) is 14.4. The molecule has 7 heteroatoms. The zero-order valence-electron chi connectivity index (χ0n) is 10.5. The second-order valence-corrected chi connectivity index (χ2v) is 5.71. The topological polar surface area (TPSA) is 41.9 Å². The Bertz CT molecular complexity index is 560. The van der Waals surface area contributed by atoms with Crippen LogP contribution in [0.5, 0.6) is 0 Å². The molecule has 0 saturated carbocycles. The van der Waals surface area contributed by atoms with Crippen LogP contribution in [0.15, 0.2) is 29.4 Å². The highest BCUT2D eigenvalue weighted by Gasteiger charge is 2.07. The molecule has 100 valence electrons. The Kier molecular flexibility index (Phi) is 4.85. The number of aromatic nitrogens is 3. The molecule has 4 nitrogen and oxygen atoms in total. The molecule has 0 bridgehead atoms. The molecule has 2 rings (SSSR count). The molecule has 1 heterocycles. The van der Waals surface area contributed by atoms with Crippen LogP contribution in [-0.4, -0.2) is 29.0 Å². The van der Waals surface area contributed by atoms with Gasteiger partial charge in [0.05, 0.1) is 0 Å². The van der Waals surface area contributed by atoms with E-state index < -0.39 is 0 Å². The Morgan fingerprint density at radius 3 is 2.37 bits per heavy atom. The molecule has 0 saturated heterocycles. The fourth-order valence-electron chi connectivity index (χ4n) is 1.32. The summed E-state index contributed by atoms with van der Waals surface area (Å²) in [6.45, 7) is 0. The van der Waals surface area contributed by atoms with Crippen molar-refractivity contribution in [3.63, 3.8) is 0 Å². The van der Waals surface area contributed by atoms with Crippen molar-refractivity contribution in [1.82, 2.24) is 15.0 Å². The van der Waals surface area contributed by atoms with Crippen molar-refractivity contribution >= 4 is 40.9 Å². The first-order valence-electron chi connectivity index (χ1n) is 5.51. The van der Waals surface area contributed by atoms with Gasteiger partial charge in [0.25, 0.3) is 0 Å². The normalized spacial score (nSPS) is 10.5. The summed E-state index contributed by atoms with van der Waals surface area (Å²) in [4.78, 5) is 14.3. The van der Waals surface area contributed by atoms with Gasteiger partial charge in [0.15, 0.2) is 5.16 Å². The Morgan fingerprint density at radius 2 is 1.74 bits per heavy atom. The molecule has 1 aromatic carbocycles. The summed E-state index contributed by atoms with van der Waals surface area (Å²) in [7, 11) is 3.72. The lowest BCUT2D eigenvalue weighted by Gasteiger charge is -2.10. The Labute approximate surface area is 126 Å². The van der Waals surface area contributed by atoms with E-state index in [4.69, 9.17) is 23.2 Å². The minimum absolute atomic E-state index is 0.206. The maximum atomic E-state index is 5.88. The van der Waals surface area contributed by atoms with Crippen LogP contribution < -0.4 is 4.90 Å². The molecule has 2 aromatic rings. The zero-order chi connectivity index (χ0) is 13.8. The summed E-state index contributed by atoms with van der Waals surface area (Å²) in [5.74, 6) is 1.31. The number of anilines is 1. The van der Waals surface area contributed by atoms with Crippen LogP contribution in [0.3, 0.4) is 0 Å². The van der Waals surface area contributed by atoms with E-state index in [1.807, 2.05) is 38.4 Å². The van der Waals surface area contributed by atoms with E-state index in [9.17, 15) is 0 Å². The average molecular weight is 315 g/mol. The van der Waals surface area contributed by atoms with Crippen LogP contribution in [-0.2, 0) is 5.75 Å². The van der Waals surface area contributed by atoms with Gasteiger partial charge in [-0.15, -0.1) is 0 Å². The molecule has 0 amide bonds. The third kappa shape index (κ3) is 4.23. The first-order chi connectivity index (χ1) is 9.04. The molecule has 1 aromatic heterocycles. The smallest absolute Gasteiger partial charge is 0.230 e. The van der Waals surface area contributed by atoms with Gasteiger partial charge in [0.1, 0.15) is 0 Å². The SMILES string of the molecule is CN(C)c1nc(Cl)nc(SCc2ccc(Cl)cc2)n1. The Morgan fingerprint density at radius 1 is 1.05 bits per heavy atom. The molecule has 0 spiro atoms. The van der Waals surface area contributed by atoms with Crippen LogP contribution in [0.1, 0.15) is 5.56 Å². The molecule has 0 radical (unpaired) electrons. The molecule has 0 atom stereocenters. The molecule has 0 aliphatic heterocycles. The highest BCUT2D eigenvalue weighted by molar-refractivity contribution is 7.98. The number of halogens is 2. The predicted molar refractivity (Wildman–Crippen MR) is 80.2 cm³/mol. The number of nitrogens with zero attached hydrogens (tertiary/aromatic N) is 4. The zero-order valence-corrected chi connectivity index (χ0v) is 12.8. The van der Waals surface area contributed by atoms with Crippen LogP contribution in [0.4, 0.5) is 5.95 Å². The van der Waals surface area contributed by atoms with Crippen molar-refractivity contribution in [3.05, 3.63) is 40.1 Å². The number of hydrogen-bond donors (Lipinski definition) is 0. The third-order valence-electron chi connectivity index (χ3n) is 2.26. The van der Waals surface area contributed by atoms with Gasteiger partial charge in [-0.3, -0.25) is 0 Å². The fourth-order valence-corrected chi connectivity index (χ4v) is 2.43. The summed E-state index contributed by atoms with van der Waals surface area (Å²) in [5.41, 5.74) is 1.15. The molecular weight excluding hydrogens is 303 g/mol. The van der Waals surface area contributed by atoms with Crippen molar-refractivity contribution in [2.75, 3.05) is 19.0 Å². The van der Waals surface area contributed by atoms with Crippen molar-refractivity contribution < 1.29 is 0 Å². The summed E-state index contributed by atoms with van der Waals surface area (Å²) >= 11 is 13.2. The second kappa shape index (κ2) is 6.41. The standard InChI is InChI=1S/C12H12Cl2N4S/c1-18(2)11-15-10(14)16-12(17-11)19-7-8-3-5-9(13)6-4-8/h3-6H,7H2,1-2H3. The van der Waals surface area contributed by atoms with Crippen molar-refractivity contribution in [1.29, 1.82) is 0 Å². The van der Waals surface area contributed by atoms with Gasteiger partial charge >= 0.3 is 0 Å². The first-order valence-corrected chi connectivity index (χ1v) is 7.25. The molecule has 0 aliphatic rings. The van der Waals surface area contributed by atoms with Gasteiger partial charge in [0.2, 0.25) is 11.2 Å². The minimum Gasteiger partial charge on any atom is -0.347 e. The number of hydrogen-bond acceptors (Lipinski definition) is 5. The second-order valence-electron chi connectivity index (χ2n) is 4.00. The van der Waals surface area contributed by atoms with Gasteiger partial charge in [-0.05, 0) is 29.3 Å². The lowest BCUT2D eigenvalue weighted by molar-refractivity contribution is 0.865. The molecule has 0 unspecified atom stereocenters. The predicted octanol–water partition coefficient (Wildman–Crippen LogP) is 3.54. The molecule has 0 fully saturated rings. The third-order valence-corrected chi connectivity index (χ3v) is 3.60. The summed E-state index contributed by atoms with van der Waals surface area (Å²) in [5, 5.41) is 1.54. The van der Waals surface area contributed by atoms with Gasteiger partial charge in [-0.2, -0.15) is 15.0 Å². The molecule has 0 aliphatic carbocycles. The maximum Gasteiger partial charge on any atom is 0.230 e. The van der Waals surface area contributed by atoms with Gasteiger partial charge in [-0.1, -0.05) is 35.5 Å². The van der Waals surface area contributed by atoms with E-state index >= 15 is 0 Å². The quantitative estimate of drug-likeness (QED) is 0.807. The summed E-state index contributed by atoms with van der Waals surface area (Å²) in [6.07, 6.45) is 0. The number of benzene rings is 1. The van der Waals surface area contributed by atoms with E-state index in [0.717, 1.165) is 16.3 Å². The van der Waals surface area contributed by atoms with E-state index in [1.54, 1.807) is 4.90 Å². The lowest BCUT2D eigenvalue weighted by Crippen LogP contribution is -2.13. The monoisotopic (exact) mass is 314 g/mol. The summed E-state index contributed by atoms with van der Waals surface area (Å²) < 4.78 is 0. The summed E-state index contributed by atoms with van der Waals surface area (Å²) in [6, 6.07) is 7.68. The molecular formula is C12H12Cl2N4S. The van der Waals surface area contributed by atoms with E-state index in [0.29, 0.717) is 11.1 Å². The lowest BCUT2D eigenvalue weighted by atomic mass is 10.2. The van der Waals surface area contributed by atoms with Crippen LogP contribution in [0, 0.1) is 0 Å². The number of thioether (sulfide) groups is 1. The van der Waals surface area contributed by atoms with Crippen molar-refractivity contribution in [2.24, 2.45) is 0 Å². The highest BCUT2D eigenvalue weighted by Crippen LogP contribution is 2.22. The van der Waals surface area contributed by atoms with Crippen molar-refractivity contribution in [3.8, 4) is 0 Å². The van der Waals surface area contributed by atoms with E-state index in [-0.39, 0.29) is 5.28 Å². The maximum absolute atomic E-state index is 5.88.